The molecular formula is C26H25Cl2FN4O3. The van der Waals surface area contributed by atoms with Crippen molar-refractivity contribution < 1.29 is 18.7 Å². The number of amides is 2. The van der Waals surface area contributed by atoms with E-state index in [0.29, 0.717) is 36.2 Å². The number of piperidine rings is 1. The number of primary amides is 1. The van der Waals surface area contributed by atoms with Crippen molar-refractivity contribution >= 4 is 40.8 Å². The Hall–Kier alpha value is -3.36. The standard InChI is InChI=1S/C26H25Cl2FN4O3/c1-14(22-19(27)8-9-20(29)23(22)28)36-21-11-18(12-32-24(21)30)15-4-6-16(7-5-15)26(35)33-10-2-3-17(13-33)25(31)34/h4-9,11-12,14,17H,2-3,10,13H2,1H3,(H2,30,32)(H2,31,34). The van der Waals surface area contributed by atoms with Crippen molar-refractivity contribution in [1.29, 1.82) is 0 Å². The normalized spacial score (nSPS) is 16.4. The highest BCUT2D eigenvalue weighted by molar-refractivity contribution is 6.36. The number of likely N-dealkylation sites (tertiary alicyclic amines) is 1. The second-order valence-corrected chi connectivity index (χ2v) is 9.48. The lowest BCUT2D eigenvalue weighted by Crippen LogP contribution is -2.44. The van der Waals surface area contributed by atoms with Gasteiger partial charge in [-0.2, -0.15) is 0 Å². The number of nitrogens with zero attached hydrogens (tertiary/aromatic N) is 2. The molecule has 2 amide bonds. The van der Waals surface area contributed by atoms with Crippen molar-refractivity contribution in [3.05, 3.63) is 75.7 Å². The van der Waals surface area contributed by atoms with Gasteiger partial charge in [-0.05, 0) is 55.7 Å². The summed E-state index contributed by atoms with van der Waals surface area (Å²) in [7, 11) is 0. The Bertz CT molecular complexity index is 1300. The number of hydrogen-bond donors (Lipinski definition) is 2. The number of nitrogen functional groups attached to an aromatic ring is 1. The number of rotatable bonds is 6. The zero-order valence-electron chi connectivity index (χ0n) is 19.5. The summed E-state index contributed by atoms with van der Waals surface area (Å²) >= 11 is 12.3. The minimum absolute atomic E-state index is 0.117. The molecule has 3 aromatic rings. The molecule has 10 heteroatoms. The molecule has 0 spiro atoms. The van der Waals surface area contributed by atoms with Crippen LogP contribution in [0, 0.1) is 11.7 Å². The fourth-order valence-corrected chi connectivity index (χ4v) is 4.93. The molecule has 2 unspecified atom stereocenters. The van der Waals surface area contributed by atoms with Gasteiger partial charge in [0.2, 0.25) is 5.91 Å². The maximum atomic E-state index is 14.0. The molecule has 1 saturated heterocycles. The fourth-order valence-electron chi connectivity index (χ4n) is 4.25. The van der Waals surface area contributed by atoms with Gasteiger partial charge in [0.1, 0.15) is 11.9 Å². The monoisotopic (exact) mass is 530 g/mol. The SMILES string of the molecule is CC(Oc1cc(-c2ccc(C(=O)N3CCCC(C(N)=O)C3)cc2)cnc1N)c1c(Cl)ccc(F)c1Cl. The van der Waals surface area contributed by atoms with Crippen LogP contribution in [0.15, 0.2) is 48.7 Å². The van der Waals surface area contributed by atoms with Crippen LogP contribution in [0.5, 0.6) is 5.75 Å². The Kier molecular flexibility index (Phi) is 7.66. The predicted molar refractivity (Wildman–Crippen MR) is 137 cm³/mol. The fraction of sp³-hybridized carbons (Fsp3) is 0.269. The van der Waals surface area contributed by atoms with E-state index in [1.54, 1.807) is 48.4 Å². The Balaban J connectivity index is 1.52. The molecule has 1 fully saturated rings. The summed E-state index contributed by atoms with van der Waals surface area (Å²) in [6.45, 7) is 2.60. The first kappa shape index (κ1) is 25.7. The molecule has 1 aliphatic rings. The van der Waals surface area contributed by atoms with Crippen LogP contribution >= 0.6 is 23.2 Å². The zero-order valence-corrected chi connectivity index (χ0v) is 21.0. The van der Waals surface area contributed by atoms with Crippen molar-refractivity contribution in [2.24, 2.45) is 11.7 Å². The molecule has 0 radical (unpaired) electrons. The maximum Gasteiger partial charge on any atom is 0.253 e. The van der Waals surface area contributed by atoms with Crippen molar-refractivity contribution in [1.82, 2.24) is 9.88 Å². The molecule has 0 bridgehead atoms. The van der Waals surface area contributed by atoms with Crippen LogP contribution in [-0.2, 0) is 4.79 Å². The molecule has 2 heterocycles. The molecule has 4 rings (SSSR count). The molecule has 4 N–H and O–H groups in total. The smallest absolute Gasteiger partial charge is 0.253 e. The summed E-state index contributed by atoms with van der Waals surface area (Å²) in [6.07, 6.45) is 2.33. The first-order valence-corrected chi connectivity index (χ1v) is 12.2. The highest BCUT2D eigenvalue weighted by atomic mass is 35.5. The van der Waals surface area contributed by atoms with Crippen molar-refractivity contribution in [3.63, 3.8) is 0 Å². The summed E-state index contributed by atoms with van der Waals surface area (Å²) in [5.41, 5.74) is 13.7. The van der Waals surface area contributed by atoms with E-state index >= 15 is 0 Å². The van der Waals surface area contributed by atoms with Gasteiger partial charge in [0, 0.05) is 41.0 Å². The van der Waals surface area contributed by atoms with Gasteiger partial charge in [0.15, 0.2) is 11.6 Å². The summed E-state index contributed by atoms with van der Waals surface area (Å²) < 4.78 is 19.9. The number of ether oxygens (including phenoxy) is 1. The van der Waals surface area contributed by atoms with Gasteiger partial charge in [-0.1, -0.05) is 35.3 Å². The molecule has 188 valence electrons. The quantitative estimate of drug-likeness (QED) is 0.422. The third-order valence-electron chi connectivity index (χ3n) is 6.25. The Morgan fingerprint density at radius 2 is 1.89 bits per heavy atom. The third-order valence-corrected chi connectivity index (χ3v) is 6.96. The Morgan fingerprint density at radius 1 is 1.17 bits per heavy atom. The largest absolute Gasteiger partial charge is 0.482 e. The average molecular weight is 531 g/mol. The van der Waals surface area contributed by atoms with Gasteiger partial charge in [-0.3, -0.25) is 9.59 Å². The second-order valence-electron chi connectivity index (χ2n) is 8.69. The number of nitrogens with two attached hydrogens (primary N) is 2. The van der Waals surface area contributed by atoms with Crippen molar-refractivity contribution in [3.8, 4) is 16.9 Å². The van der Waals surface area contributed by atoms with E-state index in [4.69, 9.17) is 39.4 Å². The van der Waals surface area contributed by atoms with Gasteiger partial charge in [-0.25, -0.2) is 9.37 Å². The molecule has 0 saturated carbocycles. The highest BCUT2D eigenvalue weighted by Crippen LogP contribution is 2.37. The minimum atomic E-state index is -0.700. The first-order valence-electron chi connectivity index (χ1n) is 11.4. The van der Waals surface area contributed by atoms with Crippen LogP contribution in [0.2, 0.25) is 10.0 Å². The second kappa shape index (κ2) is 10.7. The van der Waals surface area contributed by atoms with Gasteiger partial charge in [0.05, 0.1) is 10.9 Å². The highest BCUT2D eigenvalue weighted by Gasteiger charge is 2.27. The van der Waals surface area contributed by atoms with Crippen LogP contribution in [0.1, 0.15) is 41.8 Å². The number of aromatic nitrogens is 1. The molecule has 2 aromatic carbocycles. The van der Waals surface area contributed by atoms with Crippen LogP contribution in [0.4, 0.5) is 10.2 Å². The summed E-state index contributed by atoms with van der Waals surface area (Å²) in [5, 5.41) is 0.154. The van der Waals surface area contributed by atoms with E-state index in [2.05, 4.69) is 4.98 Å². The van der Waals surface area contributed by atoms with E-state index in [1.165, 1.54) is 12.1 Å². The molecular weight excluding hydrogens is 506 g/mol. The van der Waals surface area contributed by atoms with Crippen molar-refractivity contribution in [2.75, 3.05) is 18.8 Å². The zero-order chi connectivity index (χ0) is 26.0. The van der Waals surface area contributed by atoms with Crippen LogP contribution < -0.4 is 16.2 Å². The number of hydrogen-bond acceptors (Lipinski definition) is 5. The van der Waals surface area contributed by atoms with E-state index < -0.39 is 11.9 Å². The lowest BCUT2D eigenvalue weighted by molar-refractivity contribution is -0.123. The van der Waals surface area contributed by atoms with Crippen LogP contribution in [0.25, 0.3) is 11.1 Å². The van der Waals surface area contributed by atoms with E-state index in [0.717, 1.165) is 12.0 Å². The average Bonchev–Trinajstić information content (AvgIpc) is 2.87. The lowest BCUT2D eigenvalue weighted by atomic mass is 9.96. The topological polar surface area (TPSA) is 112 Å². The van der Waals surface area contributed by atoms with E-state index in [1.807, 2.05) is 0 Å². The van der Waals surface area contributed by atoms with Crippen LogP contribution in [-0.4, -0.2) is 34.8 Å². The molecule has 7 nitrogen and oxygen atoms in total. The molecule has 0 aliphatic carbocycles. The van der Waals surface area contributed by atoms with Crippen molar-refractivity contribution in [2.45, 2.75) is 25.9 Å². The summed E-state index contributed by atoms with van der Waals surface area (Å²) in [6, 6.07) is 11.3. The number of benzene rings is 2. The van der Waals surface area contributed by atoms with Gasteiger partial charge in [0.25, 0.3) is 5.91 Å². The number of pyridine rings is 1. The number of halogens is 3. The maximum absolute atomic E-state index is 14.0. The van der Waals surface area contributed by atoms with E-state index in [9.17, 15) is 14.0 Å². The van der Waals surface area contributed by atoms with Gasteiger partial charge in [-0.15, -0.1) is 0 Å². The number of anilines is 1. The lowest BCUT2D eigenvalue weighted by Gasteiger charge is -2.31. The van der Waals surface area contributed by atoms with Gasteiger partial charge >= 0.3 is 0 Å². The Morgan fingerprint density at radius 3 is 2.58 bits per heavy atom. The minimum Gasteiger partial charge on any atom is -0.482 e. The molecule has 36 heavy (non-hydrogen) atoms. The number of carbonyl (C=O) groups excluding carboxylic acids is 2. The molecule has 1 aromatic heterocycles. The van der Waals surface area contributed by atoms with Crippen LogP contribution in [0.3, 0.4) is 0 Å². The van der Waals surface area contributed by atoms with Gasteiger partial charge < -0.3 is 21.1 Å². The third kappa shape index (κ3) is 5.39. The predicted octanol–water partition coefficient (Wildman–Crippen LogP) is 5.25. The molecule has 1 aliphatic heterocycles. The first-order chi connectivity index (χ1) is 17.2. The molecule has 2 atom stereocenters. The Labute approximate surface area is 218 Å². The summed E-state index contributed by atoms with van der Waals surface area (Å²) in [5.74, 6) is -1.02. The van der Waals surface area contributed by atoms with E-state index in [-0.39, 0.29) is 39.3 Å². The summed E-state index contributed by atoms with van der Waals surface area (Å²) in [4.78, 5) is 30.3. The number of carbonyl (C=O) groups is 2.